The van der Waals surface area contributed by atoms with Crippen molar-refractivity contribution in [2.45, 2.75) is 57.4 Å². The van der Waals surface area contributed by atoms with E-state index in [1.165, 1.54) is 32.1 Å². The van der Waals surface area contributed by atoms with Gasteiger partial charge in [-0.3, -0.25) is 9.59 Å². The van der Waals surface area contributed by atoms with Crippen LogP contribution in [0.25, 0.3) is 11.3 Å². The minimum Gasteiger partial charge on any atom is -0.349 e. The van der Waals surface area contributed by atoms with Crippen LogP contribution in [-0.2, 0) is 11.2 Å². The van der Waals surface area contributed by atoms with Crippen molar-refractivity contribution in [1.29, 1.82) is 0 Å². The van der Waals surface area contributed by atoms with Crippen LogP contribution in [0.3, 0.4) is 0 Å². The molecule has 2 aromatic carbocycles. The molecule has 0 bridgehead atoms. The number of aromatic nitrogens is 2. The molecule has 2 aliphatic rings. The predicted octanol–water partition coefficient (Wildman–Crippen LogP) is 5.88. The van der Waals surface area contributed by atoms with Crippen LogP contribution >= 0.6 is 11.6 Å². The highest BCUT2D eigenvalue weighted by Crippen LogP contribution is 2.34. The van der Waals surface area contributed by atoms with E-state index in [9.17, 15) is 9.59 Å². The molecule has 2 heterocycles. The molecule has 3 N–H and O–H groups in total. The molecule has 0 saturated heterocycles. The molecule has 1 saturated carbocycles. The lowest BCUT2D eigenvalue weighted by atomic mass is 9.96. The third-order valence-electron chi connectivity index (χ3n) is 6.57. The fourth-order valence-electron chi connectivity index (χ4n) is 4.73. The van der Waals surface area contributed by atoms with Gasteiger partial charge in [0.25, 0.3) is 5.91 Å². The normalized spacial score (nSPS) is 16.1. The maximum Gasteiger partial charge on any atom is 0.251 e. The summed E-state index contributed by atoms with van der Waals surface area (Å²) in [6.07, 6.45) is 10.1. The van der Waals surface area contributed by atoms with E-state index in [-0.39, 0.29) is 24.3 Å². The van der Waals surface area contributed by atoms with Gasteiger partial charge in [-0.05, 0) is 55.3 Å². The van der Waals surface area contributed by atoms with Crippen LogP contribution in [0.2, 0.25) is 5.02 Å². The number of hydrogen-bond acceptors (Lipinski definition) is 5. The van der Waals surface area contributed by atoms with E-state index in [4.69, 9.17) is 11.6 Å². The molecule has 0 radical (unpaired) electrons. The Kier molecular flexibility index (Phi) is 6.95. The highest BCUT2D eigenvalue weighted by atomic mass is 35.5. The summed E-state index contributed by atoms with van der Waals surface area (Å²) >= 11 is 6.12. The molecule has 7 nitrogen and oxygen atoms in total. The first-order chi connectivity index (χ1) is 17.0. The zero-order valence-electron chi connectivity index (χ0n) is 19.4. The second-order valence-electron chi connectivity index (χ2n) is 9.20. The van der Waals surface area contributed by atoms with Crippen LogP contribution < -0.4 is 16.0 Å². The predicted molar refractivity (Wildman–Crippen MR) is 138 cm³/mol. The summed E-state index contributed by atoms with van der Waals surface area (Å²) in [7, 11) is 0. The number of hydrogen-bond donors (Lipinski definition) is 3. The van der Waals surface area contributed by atoms with Crippen LogP contribution in [0.1, 0.15) is 60.9 Å². The van der Waals surface area contributed by atoms with Gasteiger partial charge in [0.1, 0.15) is 0 Å². The monoisotopic (exact) mass is 489 g/mol. The summed E-state index contributed by atoms with van der Waals surface area (Å²) in [5, 5.41) is 9.83. The largest absolute Gasteiger partial charge is 0.349 e. The van der Waals surface area contributed by atoms with E-state index < -0.39 is 0 Å². The van der Waals surface area contributed by atoms with Crippen LogP contribution in [0.15, 0.2) is 48.7 Å². The van der Waals surface area contributed by atoms with Gasteiger partial charge in [0.05, 0.1) is 17.8 Å². The Balaban J connectivity index is 1.30. The molecule has 1 fully saturated rings. The van der Waals surface area contributed by atoms with Crippen molar-refractivity contribution in [2.24, 2.45) is 0 Å². The van der Waals surface area contributed by atoms with Gasteiger partial charge < -0.3 is 16.0 Å². The quantitative estimate of drug-likeness (QED) is 0.425. The number of amides is 2. The maximum atomic E-state index is 12.7. The summed E-state index contributed by atoms with van der Waals surface area (Å²) in [6, 6.07) is 12.9. The highest BCUT2D eigenvalue weighted by Gasteiger charge is 2.21. The molecule has 3 aromatic rings. The second kappa shape index (κ2) is 10.4. The van der Waals surface area contributed by atoms with E-state index in [0.29, 0.717) is 27.9 Å². The highest BCUT2D eigenvalue weighted by molar-refractivity contribution is 6.31. The second-order valence-corrected chi connectivity index (χ2v) is 9.64. The van der Waals surface area contributed by atoms with Crippen molar-refractivity contribution in [3.8, 4) is 11.3 Å². The van der Waals surface area contributed by atoms with Crippen molar-refractivity contribution in [1.82, 2.24) is 15.3 Å². The van der Waals surface area contributed by atoms with Gasteiger partial charge in [0, 0.05) is 39.6 Å². The summed E-state index contributed by atoms with van der Waals surface area (Å²) in [5.41, 5.74) is 4.26. The molecule has 2 amide bonds. The fourth-order valence-corrected chi connectivity index (χ4v) is 4.90. The van der Waals surface area contributed by atoms with E-state index in [1.54, 1.807) is 18.3 Å². The average Bonchev–Trinajstić information content (AvgIpc) is 2.95. The van der Waals surface area contributed by atoms with Crippen molar-refractivity contribution in [3.05, 3.63) is 64.8 Å². The Morgan fingerprint density at radius 3 is 2.51 bits per heavy atom. The maximum absolute atomic E-state index is 12.7. The third-order valence-corrected chi connectivity index (χ3v) is 6.81. The summed E-state index contributed by atoms with van der Waals surface area (Å²) in [6.45, 7) is 0. The molecule has 0 spiro atoms. The lowest BCUT2D eigenvalue weighted by Crippen LogP contribution is -2.35. The third kappa shape index (κ3) is 5.62. The van der Waals surface area contributed by atoms with Gasteiger partial charge >= 0.3 is 0 Å². The minimum absolute atomic E-state index is 0.0316. The topological polar surface area (TPSA) is 96.0 Å². The Morgan fingerprint density at radius 2 is 1.74 bits per heavy atom. The van der Waals surface area contributed by atoms with Crippen LogP contribution in [0.5, 0.6) is 0 Å². The van der Waals surface area contributed by atoms with Crippen LogP contribution in [-0.4, -0.2) is 27.8 Å². The van der Waals surface area contributed by atoms with Gasteiger partial charge in [-0.1, -0.05) is 43.7 Å². The smallest absolute Gasteiger partial charge is 0.251 e. The zero-order chi connectivity index (χ0) is 24.2. The molecular weight excluding hydrogens is 462 g/mol. The number of carbonyl (C=O) groups excluding carboxylic acids is 2. The van der Waals surface area contributed by atoms with Gasteiger partial charge in [-0.2, -0.15) is 0 Å². The molecule has 1 aromatic heterocycles. The summed E-state index contributed by atoms with van der Waals surface area (Å²) in [4.78, 5) is 34.1. The van der Waals surface area contributed by atoms with Crippen molar-refractivity contribution in [3.63, 3.8) is 0 Å². The van der Waals surface area contributed by atoms with Gasteiger partial charge in [0.15, 0.2) is 0 Å². The molecule has 5 rings (SSSR count). The molecule has 1 aliphatic heterocycles. The number of carbonyl (C=O) groups is 2. The van der Waals surface area contributed by atoms with Crippen molar-refractivity contribution < 1.29 is 9.59 Å². The van der Waals surface area contributed by atoms with Gasteiger partial charge in [-0.25, -0.2) is 9.97 Å². The standard InChI is InChI=1S/C27H28ClN5O2/c28-19-10-13-22-23(15-19)32-24(34)14-18-16-29-27(33-25(18)22)31-21-11-8-17(9-12-21)26(35)30-20-6-4-2-1-3-5-7-20/h8-13,15-16,20H,1-7,14H2,(H,30,35)(H,32,34)(H,29,31,33). The summed E-state index contributed by atoms with van der Waals surface area (Å²) < 4.78 is 0. The van der Waals surface area contributed by atoms with E-state index in [1.807, 2.05) is 30.3 Å². The molecule has 35 heavy (non-hydrogen) atoms. The molecule has 0 atom stereocenters. The Hall–Kier alpha value is -3.45. The van der Waals surface area contributed by atoms with E-state index in [2.05, 4.69) is 25.9 Å². The fraction of sp³-hybridized carbons (Fsp3) is 0.333. The lowest BCUT2D eigenvalue weighted by Gasteiger charge is -2.21. The van der Waals surface area contributed by atoms with Crippen LogP contribution in [0.4, 0.5) is 17.3 Å². The first-order valence-corrected chi connectivity index (χ1v) is 12.6. The Morgan fingerprint density at radius 1 is 1.00 bits per heavy atom. The number of rotatable bonds is 4. The number of nitrogens with one attached hydrogen (secondary N) is 3. The SMILES string of the molecule is O=C1Cc2cnc(Nc3ccc(C(=O)NC4CCCCCCC4)cc3)nc2-c2ccc(Cl)cc2N1. The molecule has 0 unspecified atom stereocenters. The van der Waals surface area contributed by atoms with Crippen molar-refractivity contribution >= 4 is 40.7 Å². The van der Waals surface area contributed by atoms with Gasteiger partial charge in [-0.15, -0.1) is 0 Å². The summed E-state index contributed by atoms with van der Waals surface area (Å²) in [5.74, 6) is 0.242. The number of halogens is 1. The number of fused-ring (bicyclic) bond motifs is 3. The first-order valence-electron chi connectivity index (χ1n) is 12.2. The van der Waals surface area contributed by atoms with Crippen LogP contribution in [0, 0.1) is 0 Å². The molecule has 180 valence electrons. The number of benzene rings is 2. The Bertz CT molecular complexity index is 1240. The average molecular weight is 490 g/mol. The Labute approximate surface area is 209 Å². The first kappa shape index (κ1) is 23.3. The van der Waals surface area contributed by atoms with Gasteiger partial charge in [0.2, 0.25) is 11.9 Å². The van der Waals surface area contributed by atoms with Crippen molar-refractivity contribution in [2.75, 3.05) is 10.6 Å². The zero-order valence-corrected chi connectivity index (χ0v) is 20.2. The molecule has 1 aliphatic carbocycles. The van der Waals surface area contributed by atoms with E-state index in [0.717, 1.165) is 29.7 Å². The number of anilines is 3. The lowest BCUT2D eigenvalue weighted by molar-refractivity contribution is -0.115. The molecule has 8 heteroatoms. The minimum atomic E-state index is -0.134. The molecular formula is C27H28ClN5O2. The van der Waals surface area contributed by atoms with E-state index >= 15 is 0 Å². The number of nitrogens with zero attached hydrogens (tertiary/aromatic N) is 2.